The second kappa shape index (κ2) is 8.92. The number of anilines is 1. The number of phenols is 1. The molecule has 1 heterocycles. The maximum absolute atomic E-state index is 14.0. The van der Waals surface area contributed by atoms with Crippen molar-refractivity contribution in [1.82, 2.24) is 4.98 Å². The Hall–Kier alpha value is -3.12. The fourth-order valence-corrected chi connectivity index (χ4v) is 3.03. The Morgan fingerprint density at radius 2 is 1.93 bits per heavy atom. The van der Waals surface area contributed by atoms with Crippen molar-refractivity contribution in [2.45, 2.75) is 19.8 Å². The lowest BCUT2D eigenvalue weighted by Gasteiger charge is -2.13. The number of aryl methyl sites for hydroxylation is 1. The van der Waals surface area contributed by atoms with E-state index in [-0.39, 0.29) is 17.2 Å². The van der Waals surface area contributed by atoms with Gasteiger partial charge < -0.3 is 15.5 Å². The first kappa shape index (κ1) is 20.6. The minimum Gasteiger partial charge on any atom is -0.507 e. The van der Waals surface area contributed by atoms with E-state index in [1.165, 1.54) is 12.1 Å². The molecule has 0 amide bonds. The minimum atomic E-state index is -0.865. The van der Waals surface area contributed by atoms with Crippen LogP contribution < -0.4 is 5.32 Å². The van der Waals surface area contributed by atoms with Crippen LogP contribution in [0.1, 0.15) is 18.4 Å². The summed E-state index contributed by atoms with van der Waals surface area (Å²) >= 11 is 5.79. The first-order valence-corrected chi connectivity index (χ1v) is 9.44. The molecule has 2 aromatic carbocycles. The Morgan fingerprint density at radius 1 is 1.14 bits per heavy atom. The Morgan fingerprint density at radius 3 is 2.66 bits per heavy atom. The molecule has 0 aliphatic heterocycles. The molecule has 0 atom stereocenters. The number of hydrogen-bond acceptors (Lipinski definition) is 4. The molecule has 0 saturated heterocycles. The number of benzene rings is 2. The Balaban J connectivity index is 2.02. The topological polar surface area (TPSA) is 82.5 Å². The highest BCUT2D eigenvalue weighted by Crippen LogP contribution is 2.34. The number of aromatic nitrogens is 1. The number of nitrogens with zero attached hydrogens (tertiary/aromatic N) is 1. The van der Waals surface area contributed by atoms with Crippen molar-refractivity contribution in [3.05, 3.63) is 64.9 Å². The van der Waals surface area contributed by atoms with Gasteiger partial charge in [-0.05, 0) is 60.9 Å². The van der Waals surface area contributed by atoms with E-state index < -0.39 is 11.8 Å². The van der Waals surface area contributed by atoms with Gasteiger partial charge in [-0.25, -0.2) is 9.37 Å². The zero-order chi connectivity index (χ0) is 21.0. The molecule has 29 heavy (non-hydrogen) atoms. The van der Waals surface area contributed by atoms with E-state index in [1.807, 2.05) is 13.0 Å². The second-order valence-corrected chi connectivity index (χ2v) is 7.11. The number of phenolic OH excluding ortho intramolecular Hbond substituents is 1. The second-order valence-electron chi connectivity index (χ2n) is 6.70. The molecule has 0 unspecified atom stereocenters. The van der Waals surface area contributed by atoms with E-state index >= 15 is 0 Å². The largest absolute Gasteiger partial charge is 0.507 e. The van der Waals surface area contributed by atoms with Crippen LogP contribution in [0, 0.1) is 12.7 Å². The molecule has 0 fully saturated rings. The Bertz CT molecular complexity index is 1060. The van der Waals surface area contributed by atoms with E-state index in [0.29, 0.717) is 41.2 Å². The number of aromatic hydroxyl groups is 1. The Labute approximate surface area is 172 Å². The van der Waals surface area contributed by atoms with Crippen LogP contribution in [0.4, 0.5) is 10.2 Å². The lowest BCUT2D eigenvalue weighted by molar-refractivity contribution is -0.137. The van der Waals surface area contributed by atoms with Gasteiger partial charge >= 0.3 is 5.97 Å². The van der Waals surface area contributed by atoms with Crippen molar-refractivity contribution in [1.29, 1.82) is 0 Å². The number of nitrogens with one attached hydrogen (secondary N) is 1. The zero-order valence-electron chi connectivity index (χ0n) is 15.7. The number of aliphatic carboxylic acids is 1. The van der Waals surface area contributed by atoms with E-state index in [1.54, 1.807) is 30.3 Å². The van der Waals surface area contributed by atoms with Gasteiger partial charge in [0.15, 0.2) is 0 Å². The van der Waals surface area contributed by atoms with Crippen LogP contribution >= 0.6 is 11.6 Å². The summed E-state index contributed by atoms with van der Waals surface area (Å²) in [6.45, 7) is 2.32. The summed E-state index contributed by atoms with van der Waals surface area (Å²) in [7, 11) is 0. The maximum atomic E-state index is 14.0. The fourth-order valence-electron chi connectivity index (χ4n) is 2.91. The summed E-state index contributed by atoms with van der Waals surface area (Å²) in [6, 6.07) is 13.2. The van der Waals surface area contributed by atoms with Gasteiger partial charge in [0.25, 0.3) is 0 Å². The molecule has 3 aromatic rings. The normalized spacial score (nSPS) is 10.7. The minimum absolute atomic E-state index is 0.0337. The third kappa shape index (κ3) is 5.23. The zero-order valence-corrected chi connectivity index (χ0v) is 16.5. The molecular formula is C22H20ClFN2O3. The summed E-state index contributed by atoms with van der Waals surface area (Å²) in [4.78, 5) is 15.2. The van der Waals surface area contributed by atoms with E-state index in [9.17, 15) is 14.3 Å². The van der Waals surface area contributed by atoms with Crippen molar-refractivity contribution >= 4 is 23.4 Å². The predicted octanol–water partition coefficient (Wildman–Crippen LogP) is 5.50. The van der Waals surface area contributed by atoms with Crippen molar-refractivity contribution in [2.24, 2.45) is 0 Å². The summed E-state index contributed by atoms with van der Waals surface area (Å²) in [5.74, 6) is -0.814. The van der Waals surface area contributed by atoms with Crippen molar-refractivity contribution < 1.29 is 19.4 Å². The average molecular weight is 415 g/mol. The molecule has 0 aliphatic carbocycles. The standard InChI is InChI=1S/C22H20ClFN2O3/c1-13-4-7-20(27)16(9-13)19-11-15(14-5-6-17(23)18(24)10-14)12-21(26-19)25-8-2-3-22(28)29/h4-7,9-12,27H,2-3,8H2,1H3,(H,25,26)(H,28,29). The lowest BCUT2D eigenvalue weighted by atomic mass is 10.0. The molecule has 0 spiro atoms. The first-order chi connectivity index (χ1) is 13.8. The molecule has 5 nitrogen and oxygen atoms in total. The molecule has 7 heteroatoms. The van der Waals surface area contributed by atoms with Gasteiger partial charge in [-0.15, -0.1) is 0 Å². The van der Waals surface area contributed by atoms with Crippen LogP contribution in [0.15, 0.2) is 48.5 Å². The summed E-state index contributed by atoms with van der Waals surface area (Å²) in [6.07, 6.45) is 0.475. The highest BCUT2D eigenvalue weighted by Gasteiger charge is 2.12. The molecule has 0 radical (unpaired) electrons. The van der Waals surface area contributed by atoms with E-state index in [2.05, 4.69) is 10.3 Å². The van der Waals surface area contributed by atoms with E-state index in [4.69, 9.17) is 16.7 Å². The number of carboxylic acid groups (broad SMARTS) is 1. The van der Waals surface area contributed by atoms with Crippen LogP contribution in [0.3, 0.4) is 0 Å². The molecule has 0 aliphatic rings. The number of halogens is 2. The third-order valence-electron chi connectivity index (χ3n) is 4.38. The molecule has 0 saturated carbocycles. The van der Waals surface area contributed by atoms with Gasteiger partial charge in [-0.2, -0.15) is 0 Å². The van der Waals surface area contributed by atoms with Gasteiger partial charge in [0.1, 0.15) is 17.4 Å². The van der Waals surface area contributed by atoms with Gasteiger partial charge in [0.05, 0.1) is 10.7 Å². The number of carboxylic acids is 1. The van der Waals surface area contributed by atoms with Crippen molar-refractivity contribution in [3.8, 4) is 28.1 Å². The molecule has 1 aromatic heterocycles. The smallest absolute Gasteiger partial charge is 0.303 e. The van der Waals surface area contributed by atoms with Crippen LogP contribution in [0.5, 0.6) is 5.75 Å². The monoisotopic (exact) mass is 414 g/mol. The third-order valence-corrected chi connectivity index (χ3v) is 4.69. The Kier molecular flexibility index (Phi) is 6.34. The predicted molar refractivity (Wildman–Crippen MR) is 112 cm³/mol. The summed E-state index contributed by atoms with van der Waals surface area (Å²) in [5, 5.41) is 22.2. The van der Waals surface area contributed by atoms with E-state index in [0.717, 1.165) is 5.56 Å². The number of carbonyl (C=O) groups is 1. The maximum Gasteiger partial charge on any atom is 0.303 e. The average Bonchev–Trinajstić information content (AvgIpc) is 2.69. The van der Waals surface area contributed by atoms with Gasteiger partial charge in [0.2, 0.25) is 0 Å². The number of rotatable bonds is 7. The van der Waals surface area contributed by atoms with Crippen molar-refractivity contribution in [2.75, 3.05) is 11.9 Å². The highest BCUT2D eigenvalue weighted by atomic mass is 35.5. The molecular weight excluding hydrogens is 395 g/mol. The van der Waals surface area contributed by atoms with Crippen LogP contribution in [0.25, 0.3) is 22.4 Å². The van der Waals surface area contributed by atoms with Crippen LogP contribution in [-0.2, 0) is 4.79 Å². The molecule has 3 rings (SSSR count). The molecule has 0 bridgehead atoms. The van der Waals surface area contributed by atoms with Gasteiger partial charge in [-0.1, -0.05) is 29.3 Å². The molecule has 150 valence electrons. The van der Waals surface area contributed by atoms with Gasteiger partial charge in [0, 0.05) is 18.5 Å². The first-order valence-electron chi connectivity index (χ1n) is 9.06. The highest BCUT2D eigenvalue weighted by molar-refractivity contribution is 6.30. The quantitative estimate of drug-likeness (QED) is 0.445. The van der Waals surface area contributed by atoms with Gasteiger partial charge in [-0.3, -0.25) is 4.79 Å². The number of hydrogen-bond donors (Lipinski definition) is 3. The summed E-state index contributed by atoms with van der Waals surface area (Å²) in [5.41, 5.74) is 3.32. The summed E-state index contributed by atoms with van der Waals surface area (Å²) < 4.78 is 14.0. The fraction of sp³-hybridized carbons (Fsp3) is 0.182. The lowest BCUT2D eigenvalue weighted by Crippen LogP contribution is -2.06. The van der Waals surface area contributed by atoms with Crippen molar-refractivity contribution in [3.63, 3.8) is 0 Å². The SMILES string of the molecule is Cc1ccc(O)c(-c2cc(-c3ccc(Cl)c(F)c3)cc(NCCCC(=O)O)n2)c1. The number of pyridine rings is 1. The van der Waals surface area contributed by atoms with Crippen LogP contribution in [-0.4, -0.2) is 27.7 Å². The van der Waals surface area contributed by atoms with Crippen LogP contribution in [0.2, 0.25) is 5.02 Å². The molecule has 3 N–H and O–H groups in total.